The van der Waals surface area contributed by atoms with E-state index in [9.17, 15) is 14.4 Å². The third-order valence-corrected chi connectivity index (χ3v) is 11.8. The van der Waals surface area contributed by atoms with E-state index in [-0.39, 0.29) is 31.1 Å². The fourth-order valence-electron chi connectivity index (χ4n) is 7.79. The molecule has 6 heteroatoms. The molecule has 0 saturated heterocycles. The molecular weight excluding hydrogens is 781 g/mol. The maximum Gasteiger partial charge on any atom is 0.306 e. The second-order valence-electron chi connectivity index (χ2n) is 18.1. The highest BCUT2D eigenvalue weighted by Crippen LogP contribution is 2.16. The minimum absolute atomic E-state index is 0.0803. The minimum Gasteiger partial charge on any atom is -0.462 e. The molecular formula is C57H102O6. The van der Waals surface area contributed by atoms with Gasteiger partial charge in [0, 0.05) is 19.3 Å². The van der Waals surface area contributed by atoms with E-state index >= 15 is 0 Å². The lowest BCUT2D eigenvalue weighted by Gasteiger charge is -2.18. The lowest BCUT2D eigenvalue weighted by atomic mass is 10.0. The van der Waals surface area contributed by atoms with Gasteiger partial charge in [-0.05, 0) is 57.8 Å². The Balaban J connectivity index is 4.16. The van der Waals surface area contributed by atoms with Gasteiger partial charge in [-0.1, -0.05) is 249 Å². The van der Waals surface area contributed by atoms with Crippen molar-refractivity contribution in [3.8, 4) is 0 Å². The van der Waals surface area contributed by atoms with E-state index in [4.69, 9.17) is 14.2 Å². The summed E-state index contributed by atoms with van der Waals surface area (Å²) in [6, 6.07) is 0. The Labute approximate surface area is 390 Å². The SMILES string of the molecule is CC/C=C\C/C=C\C/C=C\C/C=C\CCCCCCC(=O)OC(COC(=O)CCCCCCCC)COC(=O)CCCCCCCCCCCCCCCCCCCCCCCC. The number of ether oxygens (including phenoxy) is 3. The van der Waals surface area contributed by atoms with E-state index in [0.717, 1.165) is 96.3 Å². The molecule has 0 rings (SSSR count). The summed E-state index contributed by atoms with van der Waals surface area (Å²) in [7, 11) is 0. The van der Waals surface area contributed by atoms with Crippen LogP contribution in [0.2, 0.25) is 0 Å². The molecule has 0 bridgehead atoms. The second kappa shape index (κ2) is 52.0. The quantitative estimate of drug-likeness (QED) is 0.0262. The van der Waals surface area contributed by atoms with Gasteiger partial charge in [0.25, 0.3) is 0 Å². The van der Waals surface area contributed by atoms with E-state index in [2.05, 4.69) is 69.4 Å². The number of hydrogen-bond acceptors (Lipinski definition) is 6. The molecule has 0 aromatic carbocycles. The molecule has 1 atom stereocenters. The second-order valence-corrected chi connectivity index (χ2v) is 18.1. The molecule has 0 amide bonds. The van der Waals surface area contributed by atoms with Gasteiger partial charge in [0.05, 0.1) is 0 Å². The summed E-state index contributed by atoms with van der Waals surface area (Å²) in [5.74, 6) is -0.904. The first kappa shape index (κ1) is 60.4. The van der Waals surface area contributed by atoms with E-state index in [1.165, 1.54) is 141 Å². The number of esters is 3. The smallest absolute Gasteiger partial charge is 0.306 e. The van der Waals surface area contributed by atoms with Crippen molar-refractivity contribution < 1.29 is 28.6 Å². The molecule has 1 unspecified atom stereocenters. The third-order valence-electron chi connectivity index (χ3n) is 11.8. The number of allylic oxidation sites excluding steroid dienone is 8. The molecule has 0 aromatic heterocycles. The predicted molar refractivity (Wildman–Crippen MR) is 270 cm³/mol. The fourth-order valence-corrected chi connectivity index (χ4v) is 7.79. The molecule has 6 nitrogen and oxygen atoms in total. The standard InChI is InChI=1S/C57H102O6/c1-4-7-10-13-16-18-20-22-24-26-27-28-29-30-32-33-35-37-39-41-44-47-50-56(59)62-53-54(52-61-55(58)49-46-43-15-12-9-6-3)63-57(60)51-48-45-42-40-38-36-34-31-25-23-21-19-17-14-11-8-5-2/h8,11,17,19,23,25,34,36,54H,4-7,9-10,12-16,18,20-22,24,26-33,35,37-53H2,1-3H3/b11-8-,19-17-,25-23-,36-34-. The monoisotopic (exact) mass is 883 g/mol. The summed E-state index contributed by atoms with van der Waals surface area (Å²) in [5, 5.41) is 0. The number of carbonyl (C=O) groups excluding carboxylic acids is 3. The van der Waals surface area contributed by atoms with E-state index < -0.39 is 6.10 Å². The van der Waals surface area contributed by atoms with Crippen molar-refractivity contribution in [1.82, 2.24) is 0 Å². The van der Waals surface area contributed by atoms with E-state index in [0.29, 0.717) is 19.3 Å². The molecule has 0 aromatic rings. The Morgan fingerprint density at radius 2 is 0.619 bits per heavy atom. The first-order valence-corrected chi connectivity index (χ1v) is 27.1. The molecule has 366 valence electrons. The topological polar surface area (TPSA) is 78.9 Å². The van der Waals surface area contributed by atoms with Crippen LogP contribution in [-0.2, 0) is 28.6 Å². The number of rotatable bonds is 49. The third kappa shape index (κ3) is 50.2. The predicted octanol–water partition coefficient (Wildman–Crippen LogP) is 17.9. The molecule has 0 N–H and O–H groups in total. The van der Waals surface area contributed by atoms with E-state index in [1.54, 1.807) is 0 Å². The average molecular weight is 883 g/mol. The molecule has 0 fully saturated rings. The molecule has 0 spiro atoms. The van der Waals surface area contributed by atoms with E-state index in [1.807, 2.05) is 0 Å². The Hall–Kier alpha value is -2.63. The summed E-state index contributed by atoms with van der Waals surface area (Å²) in [4.78, 5) is 37.8. The maximum absolute atomic E-state index is 12.8. The first-order chi connectivity index (χ1) is 31.0. The molecule has 0 radical (unpaired) electrons. The zero-order valence-electron chi connectivity index (χ0n) is 41.8. The van der Waals surface area contributed by atoms with Gasteiger partial charge < -0.3 is 14.2 Å². The number of unbranched alkanes of at least 4 members (excludes halogenated alkanes) is 30. The molecule has 0 aliphatic heterocycles. The fraction of sp³-hybridized carbons (Fsp3) is 0.807. The van der Waals surface area contributed by atoms with Gasteiger partial charge in [0.2, 0.25) is 0 Å². The Morgan fingerprint density at radius 1 is 0.333 bits per heavy atom. The summed E-state index contributed by atoms with van der Waals surface area (Å²) in [6.45, 7) is 6.47. The lowest BCUT2D eigenvalue weighted by Crippen LogP contribution is -2.30. The van der Waals surface area contributed by atoms with Gasteiger partial charge in [0.1, 0.15) is 13.2 Å². The molecule has 63 heavy (non-hydrogen) atoms. The van der Waals surface area contributed by atoms with Crippen LogP contribution in [-0.4, -0.2) is 37.2 Å². The molecule has 0 aliphatic rings. The van der Waals surface area contributed by atoms with Crippen LogP contribution >= 0.6 is 0 Å². The minimum atomic E-state index is -0.780. The van der Waals surface area contributed by atoms with Crippen LogP contribution in [0.1, 0.15) is 278 Å². The van der Waals surface area contributed by atoms with Crippen LogP contribution < -0.4 is 0 Å². The lowest BCUT2D eigenvalue weighted by molar-refractivity contribution is -0.167. The normalized spacial score (nSPS) is 12.4. The van der Waals surface area contributed by atoms with Gasteiger partial charge in [-0.25, -0.2) is 0 Å². The van der Waals surface area contributed by atoms with Crippen LogP contribution in [0.5, 0.6) is 0 Å². The van der Waals surface area contributed by atoms with Crippen molar-refractivity contribution in [2.45, 2.75) is 284 Å². The van der Waals surface area contributed by atoms with Crippen LogP contribution in [0, 0.1) is 0 Å². The van der Waals surface area contributed by atoms with Crippen LogP contribution in [0.4, 0.5) is 0 Å². The van der Waals surface area contributed by atoms with Gasteiger partial charge in [0.15, 0.2) is 6.10 Å². The van der Waals surface area contributed by atoms with Gasteiger partial charge in [-0.15, -0.1) is 0 Å². The average Bonchev–Trinajstić information content (AvgIpc) is 3.28. The summed E-state index contributed by atoms with van der Waals surface area (Å²) in [5.41, 5.74) is 0. The Bertz CT molecular complexity index is 1110. The summed E-state index contributed by atoms with van der Waals surface area (Å²) < 4.78 is 16.7. The highest BCUT2D eigenvalue weighted by molar-refractivity contribution is 5.71. The van der Waals surface area contributed by atoms with Gasteiger partial charge >= 0.3 is 17.9 Å². The number of carbonyl (C=O) groups is 3. The van der Waals surface area contributed by atoms with Crippen molar-refractivity contribution in [2.24, 2.45) is 0 Å². The highest BCUT2D eigenvalue weighted by atomic mass is 16.6. The zero-order valence-corrected chi connectivity index (χ0v) is 41.8. The number of hydrogen-bond donors (Lipinski definition) is 0. The van der Waals surface area contributed by atoms with Gasteiger partial charge in [-0.2, -0.15) is 0 Å². The van der Waals surface area contributed by atoms with Crippen LogP contribution in [0.25, 0.3) is 0 Å². The van der Waals surface area contributed by atoms with Gasteiger partial charge in [-0.3, -0.25) is 14.4 Å². The molecule has 0 aliphatic carbocycles. The first-order valence-electron chi connectivity index (χ1n) is 27.1. The zero-order chi connectivity index (χ0) is 45.8. The Kier molecular flexibility index (Phi) is 49.8. The van der Waals surface area contributed by atoms with Crippen molar-refractivity contribution in [3.05, 3.63) is 48.6 Å². The Morgan fingerprint density at radius 3 is 0.968 bits per heavy atom. The highest BCUT2D eigenvalue weighted by Gasteiger charge is 2.19. The van der Waals surface area contributed by atoms with Crippen molar-refractivity contribution in [2.75, 3.05) is 13.2 Å². The maximum atomic E-state index is 12.8. The summed E-state index contributed by atoms with van der Waals surface area (Å²) in [6.07, 6.45) is 62.8. The molecule has 0 saturated carbocycles. The van der Waals surface area contributed by atoms with Crippen LogP contribution in [0.15, 0.2) is 48.6 Å². The van der Waals surface area contributed by atoms with Crippen molar-refractivity contribution in [1.29, 1.82) is 0 Å². The molecule has 0 heterocycles. The van der Waals surface area contributed by atoms with Crippen molar-refractivity contribution >= 4 is 17.9 Å². The van der Waals surface area contributed by atoms with Crippen LogP contribution in [0.3, 0.4) is 0 Å². The summed E-state index contributed by atoms with van der Waals surface area (Å²) >= 11 is 0. The largest absolute Gasteiger partial charge is 0.462 e. The van der Waals surface area contributed by atoms with Crippen molar-refractivity contribution in [3.63, 3.8) is 0 Å².